The van der Waals surface area contributed by atoms with Gasteiger partial charge in [-0.25, -0.2) is 0 Å². The van der Waals surface area contributed by atoms with E-state index in [1.807, 2.05) is 0 Å². The third-order valence-corrected chi connectivity index (χ3v) is 5.92. The molecule has 2 aromatic carbocycles. The molecule has 0 saturated heterocycles. The Morgan fingerprint density at radius 2 is 1.15 bits per heavy atom. The Bertz CT molecular complexity index is 1060. The number of ether oxygens (including phenoxy) is 4. The molecule has 5 N–H and O–H groups in total. The van der Waals surface area contributed by atoms with E-state index in [1.54, 1.807) is 24.3 Å². The van der Waals surface area contributed by atoms with E-state index in [9.17, 15) is 19.8 Å². The van der Waals surface area contributed by atoms with Crippen molar-refractivity contribution in [1.29, 1.82) is 0 Å². The molecule has 0 aliphatic carbocycles. The lowest BCUT2D eigenvalue weighted by Gasteiger charge is -2.18. The SMILES string of the molecule is COc1cc(/C=C/C(=O)N(CCCCNCCCN)C(=O)/C=C/c2cc(OC)c(O)c(OC)c2)cc(OC)c1O. The summed E-state index contributed by atoms with van der Waals surface area (Å²) in [6.45, 7) is 2.36. The van der Waals surface area contributed by atoms with Gasteiger partial charge >= 0.3 is 0 Å². The number of benzene rings is 2. The molecule has 0 aliphatic heterocycles. The molecule has 0 aliphatic rings. The maximum atomic E-state index is 13.2. The molecule has 0 unspecified atom stereocenters. The maximum Gasteiger partial charge on any atom is 0.253 e. The number of carbonyl (C=O) groups is 2. The van der Waals surface area contributed by atoms with Gasteiger partial charge in [-0.2, -0.15) is 0 Å². The number of hydrogen-bond donors (Lipinski definition) is 4. The monoisotopic (exact) mass is 557 g/mol. The molecule has 2 aromatic rings. The third kappa shape index (κ3) is 9.21. The van der Waals surface area contributed by atoms with Crippen LogP contribution in [0.2, 0.25) is 0 Å². The summed E-state index contributed by atoms with van der Waals surface area (Å²) in [5.74, 6) is -0.604. The highest BCUT2D eigenvalue weighted by atomic mass is 16.5. The van der Waals surface area contributed by atoms with Gasteiger partial charge in [0.2, 0.25) is 11.5 Å². The number of nitrogens with zero attached hydrogens (tertiary/aromatic N) is 1. The molecule has 0 fully saturated rings. The first kappa shape index (κ1) is 32.0. The molecule has 40 heavy (non-hydrogen) atoms. The van der Waals surface area contributed by atoms with Crippen LogP contribution in [0, 0.1) is 0 Å². The van der Waals surface area contributed by atoms with Crippen LogP contribution >= 0.6 is 0 Å². The average Bonchev–Trinajstić information content (AvgIpc) is 2.97. The predicted molar refractivity (Wildman–Crippen MR) is 153 cm³/mol. The second-order valence-electron chi connectivity index (χ2n) is 8.64. The third-order valence-electron chi connectivity index (χ3n) is 5.92. The quantitative estimate of drug-likeness (QED) is 0.179. The maximum absolute atomic E-state index is 13.2. The van der Waals surface area contributed by atoms with Crippen LogP contribution in [0.3, 0.4) is 0 Å². The van der Waals surface area contributed by atoms with Gasteiger partial charge in [-0.15, -0.1) is 0 Å². The Kier molecular flexibility index (Phi) is 13.3. The summed E-state index contributed by atoms with van der Waals surface area (Å²) in [6, 6.07) is 6.19. The highest BCUT2D eigenvalue weighted by Gasteiger charge is 2.18. The number of hydrogen-bond acceptors (Lipinski definition) is 10. The first-order valence-corrected chi connectivity index (χ1v) is 12.8. The summed E-state index contributed by atoms with van der Waals surface area (Å²) in [5.41, 5.74) is 6.58. The van der Waals surface area contributed by atoms with Gasteiger partial charge in [0.1, 0.15) is 0 Å². The fourth-order valence-electron chi connectivity index (χ4n) is 3.74. The highest BCUT2D eigenvalue weighted by molar-refractivity contribution is 6.07. The van der Waals surface area contributed by atoms with Crippen LogP contribution in [0.25, 0.3) is 12.2 Å². The van der Waals surface area contributed by atoms with E-state index in [4.69, 9.17) is 24.7 Å². The number of methoxy groups -OCH3 is 4. The van der Waals surface area contributed by atoms with Gasteiger partial charge in [0.05, 0.1) is 28.4 Å². The van der Waals surface area contributed by atoms with Gasteiger partial charge in [0.25, 0.3) is 11.8 Å². The van der Waals surface area contributed by atoms with E-state index in [2.05, 4.69) is 5.32 Å². The lowest BCUT2D eigenvalue weighted by molar-refractivity contribution is -0.138. The Labute approximate surface area is 234 Å². The minimum absolute atomic E-state index is 0.155. The Morgan fingerprint density at radius 3 is 1.52 bits per heavy atom. The number of nitrogens with two attached hydrogens (primary N) is 1. The van der Waals surface area contributed by atoms with E-state index in [0.29, 0.717) is 24.1 Å². The van der Waals surface area contributed by atoms with Crippen molar-refractivity contribution in [3.05, 3.63) is 47.5 Å². The first-order valence-electron chi connectivity index (χ1n) is 12.8. The topological polar surface area (TPSA) is 153 Å². The zero-order chi connectivity index (χ0) is 29.5. The van der Waals surface area contributed by atoms with Crippen molar-refractivity contribution in [3.8, 4) is 34.5 Å². The molecule has 0 saturated carbocycles. The van der Waals surface area contributed by atoms with Gasteiger partial charge in [0.15, 0.2) is 23.0 Å². The lowest BCUT2D eigenvalue weighted by Crippen LogP contribution is -2.35. The van der Waals surface area contributed by atoms with Crippen LogP contribution in [0.5, 0.6) is 34.5 Å². The number of phenols is 2. The van der Waals surface area contributed by atoms with Gasteiger partial charge in [-0.3, -0.25) is 14.5 Å². The second kappa shape index (κ2) is 16.7. The number of carbonyl (C=O) groups excluding carboxylic acids is 2. The summed E-state index contributed by atoms with van der Waals surface area (Å²) in [5, 5.41) is 23.5. The van der Waals surface area contributed by atoms with Crippen LogP contribution in [0.4, 0.5) is 0 Å². The van der Waals surface area contributed by atoms with Crippen LogP contribution < -0.4 is 30.0 Å². The highest BCUT2D eigenvalue weighted by Crippen LogP contribution is 2.38. The van der Waals surface area contributed by atoms with Gasteiger partial charge in [-0.1, -0.05) is 0 Å². The minimum atomic E-state index is -0.516. The van der Waals surface area contributed by atoms with Crippen LogP contribution in [0.15, 0.2) is 36.4 Å². The van der Waals surface area contributed by atoms with Crippen molar-refractivity contribution in [2.45, 2.75) is 19.3 Å². The largest absolute Gasteiger partial charge is 0.502 e. The zero-order valence-corrected chi connectivity index (χ0v) is 23.4. The van der Waals surface area contributed by atoms with Crippen LogP contribution in [-0.2, 0) is 9.59 Å². The van der Waals surface area contributed by atoms with Crippen molar-refractivity contribution in [2.24, 2.45) is 5.73 Å². The summed E-state index contributed by atoms with van der Waals surface area (Å²) < 4.78 is 20.7. The fourth-order valence-corrected chi connectivity index (χ4v) is 3.74. The van der Waals surface area contributed by atoms with E-state index < -0.39 is 11.8 Å². The van der Waals surface area contributed by atoms with E-state index in [1.165, 1.54) is 52.7 Å². The molecule has 0 aromatic heterocycles. The van der Waals surface area contributed by atoms with Gasteiger partial charge in [0, 0.05) is 18.7 Å². The van der Waals surface area contributed by atoms with Gasteiger partial charge < -0.3 is 40.2 Å². The number of amides is 2. The standard InChI is InChI=1S/C29H39N3O8/c1-37-22-16-20(17-23(38-2)28(22)35)8-10-26(33)32(15-6-5-13-31-14-7-12-30)27(34)11-9-21-18-24(39-3)29(36)25(19-21)40-4/h8-11,16-19,31,35-36H,5-7,12-15,30H2,1-4H3/b10-8+,11-9+. The van der Waals surface area contributed by atoms with Crippen LogP contribution in [-0.4, -0.2) is 81.5 Å². The predicted octanol–water partition coefficient (Wildman–Crippen LogP) is 2.93. The molecule has 0 radical (unpaired) electrons. The molecular formula is C29H39N3O8. The number of unbranched alkanes of at least 4 members (excludes halogenated alkanes) is 1. The molecule has 218 valence electrons. The molecule has 2 rings (SSSR count). The fraction of sp³-hybridized carbons (Fsp3) is 0.379. The number of nitrogens with one attached hydrogen (secondary N) is 1. The smallest absolute Gasteiger partial charge is 0.253 e. The Balaban J connectivity index is 2.24. The zero-order valence-electron chi connectivity index (χ0n) is 23.4. The Hall–Kier alpha value is -4.22. The molecule has 0 heterocycles. The summed E-state index contributed by atoms with van der Waals surface area (Å²) >= 11 is 0. The lowest BCUT2D eigenvalue weighted by atomic mass is 10.1. The summed E-state index contributed by atoms with van der Waals surface area (Å²) in [6.07, 6.45) is 7.82. The average molecular weight is 558 g/mol. The van der Waals surface area contributed by atoms with Crippen molar-refractivity contribution >= 4 is 24.0 Å². The Morgan fingerprint density at radius 1 is 0.750 bits per heavy atom. The second-order valence-corrected chi connectivity index (χ2v) is 8.64. The number of rotatable bonds is 16. The number of imide groups is 1. The van der Waals surface area contributed by atoms with E-state index in [0.717, 1.165) is 30.8 Å². The molecule has 11 heteroatoms. The molecule has 2 amide bonds. The summed E-state index contributed by atoms with van der Waals surface area (Å²) in [4.78, 5) is 27.5. The number of phenolic OH excluding ortho intramolecular Hbond substituents is 2. The van der Waals surface area contributed by atoms with E-state index >= 15 is 0 Å². The normalized spacial score (nSPS) is 11.1. The molecule has 0 bridgehead atoms. The van der Waals surface area contributed by atoms with Crippen molar-refractivity contribution in [3.63, 3.8) is 0 Å². The number of aromatic hydroxyl groups is 2. The van der Waals surface area contributed by atoms with Crippen molar-refractivity contribution in [1.82, 2.24) is 10.2 Å². The molecule has 11 nitrogen and oxygen atoms in total. The van der Waals surface area contributed by atoms with Crippen molar-refractivity contribution in [2.75, 3.05) is 54.6 Å². The molecular weight excluding hydrogens is 518 g/mol. The summed E-state index contributed by atoms with van der Waals surface area (Å²) in [7, 11) is 5.63. The van der Waals surface area contributed by atoms with Gasteiger partial charge in [-0.05, 0) is 86.4 Å². The van der Waals surface area contributed by atoms with Crippen molar-refractivity contribution < 1.29 is 38.7 Å². The minimum Gasteiger partial charge on any atom is -0.502 e. The first-order chi connectivity index (χ1) is 19.3. The van der Waals surface area contributed by atoms with E-state index in [-0.39, 0.29) is 41.0 Å². The molecule has 0 atom stereocenters. The van der Waals surface area contributed by atoms with Crippen LogP contribution in [0.1, 0.15) is 30.4 Å². The molecule has 0 spiro atoms.